The lowest BCUT2D eigenvalue weighted by atomic mass is 9.84. The van der Waals surface area contributed by atoms with E-state index >= 15 is 0 Å². The second kappa shape index (κ2) is 5.06. The van der Waals surface area contributed by atoms with Gasteiger partial charge in [-0.1, -0.05) is 58.9 Å². The average Bonchev–Trinajstić information content (AvgIpc) is 2.07. The first-order valence-corrected chi connectivity index (χ1v) is 5.08. The molecule has 0 atom stereocenters. The number of hydrogen-bond acceptors (Lipinski definition) is 0. The van der Waals surface area contributed by atoms with Gasteiger partial charge in [0.05, 0.1) is 0 Å². The van der Waals surface area contributed by atoms with Gasteiger partial charge in [-0.15, -0.1) is 0 Å². The minimum absolute atomic E-state index is 0. The van der Waals surface area contributed by atoms with Crippen LogP contribution in [0.1, 0.15) is 47.2 Å². The quantitative estimate of drug-likeness (QED) is 0.549. The Labute approximate surface area is 84.5 Å². The highest BCUT2D eigenvalue weighted by atomic mass is 14.2. The minimum atomic E-state index is 0. The van der Waals surface area contributed by atoms with Crippen molar-refractivity contribution in [2.24, 2.45) is 0 Å². The van der Waals surface area contributed by atoms with Crippen LogP contribution in [0.3, 0.4) is 0 Å². The van der Waals surface area contributed by atoms with Crippen LogP contribution in [0.25, 0.3) is 0 Å². The van der Waals surface area contributed by atoms with Crippen LogP contribution in [0.5, 0.6) is 0 Å². The molecule has 0 saturated heterocycles. The summed E-state index contributed by atoms with van der Waals surface area (Å²) < 4.78 is 0. The molecule has 0 unspecified atom stereocenters. The van der Waals surface area contributed by atoms with Crippen LogP contribution in [-0.2, 0) is 5.41 Å². The zero-order chi connectivity index (χ0) is 10.5. The summed E-state index contributed by atoms with van der Waals surface area (Å²) in [5.41, 5.74) is 3.12. The van der Waals surface area contributed by atoms with Crippen LogP contribution in [0, 0.1) is 6.92 Å². The smallest absolute Gasteiger partial charge is 0 e. The maximum Gasteiger partial charge on any atom is 0 e. The monoisotopic (exact) mass is 180 g/mol. The molecule has 0 nitrogen and oxygen atoms in total. The molecule has 13 heavy (non-hydrogen) atoms. The fraction of sp³-hybridized carbons (Fsp3) is 0.538. The molecule has 0 saturated carbocycles. The molecule has 0 amide bonds. The van der Waals surface area contributed by atoms with Crippen LogP contribution in [0.2, 0.25) is 0 Å². The summed E-state index contributed by atoms with van der Waals surface area (Å²) in [4.78, 5) is 0. The van der Waals surface area contributed by atoms with Gasteiger partial charge in [-0.3, -0.25) is 0 Å². The summed E-state index contributed by atoms with van der Waals surface area (Å²) in [6, 6.07) is 8.56. The lowest BCUT2D eigenvalue weighted by Gasteiger charge is -2.21. The molecule has 1 aromatic carbocycles. The summed E-state index contributed by atoms with van der Waals surface area (Å²) >= 11 is 0. The molecule has 76 valence electrons. The third-order valence-corrected chi connectivity index (χ3v) is 1.95. The Bertz CT molecular complexity index is 246. The summed E-state index contributed by atoms with van der Waals surface area (Å²) in [5, 5.41) is 0. The molecular weight excluding hydrogens is 156 g/mol. The molecule has 0 radical (unpaired) electrons. The number of hydrogen-bond donors (Lipinski definition) is 0. The Morgan fingerprint density at radius 2 is 1.46 bits per heavy atom. The van der Waals surface area contributed by atoms with Gasteiger partial charge in [-0.05, 0) is 23.5 Å². The van der Waals surface area contributed by atoms with E-state index in [9.17, 15) is 0 Å². The molecule has 0 aliphatic heterocycles. The molecule has 0 aliphatic rings. The average molecular weight is 180 g/mol. The molecular formula is C13H24. The minimum Gasteiger partial charge on any atom is -0.0683 e. The lowest BCUT2D eigenvalue weighted by Crippen LogP contribution is -2.12. The Morgan fingerprint density at radius 1 is 1.00 bits per heavy atom. The van der Waals surface area contributed by atoms with Gasteiger partial charge < -0.3 is 0 Å². The van der Waals surface area contributed by atoms with Gasteiger partial charge in [-0.2, -0.15) is 0 Å². The summed E-state index contributed by atoms with van der Waals surface area (Å²) in [6.07, 6.45) is 0. The first-order valence-electron chi connectivity index (χ1n) is 5.08. The molecule has 0 heteroatoms. The van der Waals surface area contributed by atoms with E-state index in [0.29, 0.717) is 0 Å². The first kappa shape index (κ1) is 12.2. The Morgan fingerprint density at radius 3 is 1.77 bits per heavy atom. The third-order valence-electron chi connectivity index (χ3n) is 1.95. The van der Waals surface area contributed by atoms with Gasteiger partial charge in [0, 0.05) is 1.43 Å². The summed E-state index contributed by atoms with van der Waals surface area (Å²) in [6.45, 7) is 12.9. The maximum atomic E-state index is 2.25. The van der Waals surface area contributed by atoms with Crippen molar-refractivity contribution in [1.82, 2.24) is 0 Å². The molecule has 0 fully saturated rings. The van der Waals surface area contributed by atoms with Gasteiger partial charge in [0.1, 0.15) is 0 Å². The van der Waals surface area contributed by atoms with Gasteiger partial charge in [0.25, 0.3) is 0 Å². The number of aryl methyl sites for hydroxylation is 1. The Hall–Kier alpha value is -0.780. The normalized spacial score (nSPS) is 10.3. The van der Waals surface area contributed by atoms with Crippen molar-refractivity contribution in [3.05, 3.63) is 35.4 Å². The van der Waals surface area contributed by atoms with Gasteiger partial charge >= 0.3 is 0 Å². The highest BCUT2D eigenvalue weighted by Gasteiger charge is 2.14. The van der Waals surface area contributed by atoms with E-state index in [1.807, 2.05) is 13.8 Å². The molecule has 0 aliphatic carbocycles. The van der Waals surface area contributed by atoms with Crippen LogP contribution in [0.15, 0.2) is 24.3 Å². The maximum absolute atomic E-state index is 2.25. The topological polar surface area (TPSA) is 0 Å². The van der Waals surface area contributed by atoms with E-state index in [0.717, 1.165) is 0 Å². The van der Waals surface area contributed by atoms with Gasteiger partial charge in [0.2, 0.25) is 0 Å². The third kappa shape index (κ3) is 3.63. The van der Waals surface area contributed by atoms with Gasteiger partial charge in [-0.25, -0.2) is 0 Å². The van der Waals surface area contributed by atoms with Gasteiger partial charge in [0.15, 0.2) is 0 Å². The zero-order valence-electron chi connectivity index (χ0n) is 9.81. The molecule has 0 aromatic heterocycles. The van der Waals surface area contributed by atoms with Crippen molar-refractivity contribution >= 4 is 0 Å². The van der Waals surface area contributed by atoms with Crippen molar-refractivity contribution in [2.75, 3.05) is 0 Å². The summed E-state index contributed by atoms with van der Waals surface area (Å²) in [5.74, 6) is 0. The molecule has 0 N–H and O–H groups in total. The number of rotatable bonds is 0. The van der Waals surface area contributed by atoms with Crippen LogP contribution in [0.4, 0.5) is 0 Å². The van der Waals surface area contributed by atoms with Crippen molar-refractivity contribution in [3.63, 3.8) is 0 Å². The molecule has 0 bridgehead atoms. The lowest BCUT2D eigenvalue weighted by molar-refractivity contribution is 0.586. The molecule has 0 spiro atoms. The molecule has 1 rings (SSSR count). The van der Waals surface area contributed by atoms with Crippen LogP contribution >= 0.6 is 0 Å². The SMILES string of the molecule is CC.Cc1ccccc1C(C)(C)C.[HH]. The Balaban J connectivity index is 0. The fourth-order valence-electron chi connectivity index (χ4n) is 1.41. The first-order chi connectivity index (χ1) is 6.02. The largest absolute Gasteiger partial charge is 0.0683 e. The molecule has 1 aromatic rings. The van der Waals surface area contributed by atoms with Crippen LogP contribution < -0.4 is 0 Å². The van der Waals surface area contributed by atoms with E-state index in [1.165, 1.54) is 11.1 Å². The van der Waals surface area contributed by atoms with Crippen molar-refractivity contribution < 1.29 is 1.43 Å². The van der Waals surface area contributed by atoms with E-state index < -0.39 is 0 Å². The van der Waals surface area contributed by atoms with Crippen molar-refractivity contribution in [2.45, 2.75) is 47.0 Å². The second-order valence-corrected chi connectivity index (χ2v) is 4.06. The predicted molar refractivity (Wildman–Crippen MR) is 63.3 cm³/mol. The standard InChI is InChI=1S/C11H16.C2H6.H2/c1-9-7-5-6-8-10(9)11(2,3)4;1-2;/h5-8H,1-4H3;1-2H3;1H. The van der Waals surface area contributed by atoms with Crippen molar-refractivity contribution in [1.29, 1.82) is 0 Å². The second-order valence-electron chi connectivity index (χ2n) is 4.06. The van der Waals surface area contributed by atoms with Crippen molar-refractivity contribution in [3.8, 4) is 0 Å². The number of benzene rings is 1. The van der Waals surface area contributed by atoms with E-state index in [-0.39, 0.29) is 6.84 Å². The predicted octanol–water partition coefficient (Wildman–Crippen LogP) is 4.56. The van der Waals surface area contributed by atoms with E-state index in [1.54, 1.807) is 0 Å². The summed E-state index contributed by atoms with van der Waals surface area (Å²) in [7, 11) is 0. The zero-order valence-corrected chi connectivity index (χ0v) is 9.81. The highest BCUT2D eigenvalue weighted by Crippen LogP contribution is 2.24. The van der Waals surface area contributed by atoms with E-state index in [4.69, 9.17) is 0 Å². The van der Waals surface area contributed by atoms with E-state index in [2.05, 4.69) is 52.0 Å². The Kier molecular flexibility index (Phi) is 4.76. The fourth-order valence-corrected chi connectivity index (χ4v) is 1.41. The molecule has 0 heterocycles. The van der Waals surface area contributed by atoms with Crippen LogP contribution in [-0.4, -0.2) is 0 Å². The highest BCUT2D eigenvalue weighted by molar-refractivity contribution is 5.31.